The van der Waals surface area contributed by atoms with E-state index in [4.69, 9.17) is 0 Å². The van der Waals surface area contributed by atoms with E-state index in [1.165, 1.54) is 0 Å². The predicted molar refractivity (Wildman–Crippen MR) is 83.4 cm³/mol. The zero-order valence-corrected chi connectivity index (χ0v) is 13.4. The number of carbonyl (C=O) groups is 1. The van der Waals surface area contributed by atoms with Crippen LogP contribution in [-0.2, 0) is 17.4 Å². The second kappa shape index (κ2) is 4.91. The van der Waals surface area contributed by atoms with E-state index < -0.39 is 0 Å². The van der Waals surface area contributed by atoms with Gasteiger partial charge in [0, 0.05) is 24.4 Å². The Hall–Kier alpha value is -1.76. The SMILES string of the molecule is Cn1cc([C@@H]2SCC(=O)Nc3c2cnn3C(C)(C)C)cn1. The zero-order valence-electron chi connectivity index (χ0n) is 12.6. The van der Waals surface area contributed by atoms with E-state index in [0.29, 0.717) is 5.75 Å². The van der Waals surface area contributed by atoms with Crippen LogP contribution in [0.2, 0.25) is 0 Å². The molecule has 0 saturated heterocycles. The molecule has 6 nitrogen and oxygen atoms in total. The lowest BCUT2D eigenvalue weighted by molar-refractivity contribution is -0.113. The Bertz CT molecular complexity index is 682. The van der Waals surface area contributed by atoms with Crippen LogP contribution in [0.1, 0.15) is 37.1 Å². The highest BCUT2D eigenvalue weighted by Gasteiger charge is 2.31. The third kappa shape index (κ3) is 2.57. The number of hydrogen-bond donors (Lipinski definition) is 1. The van der Waals surface area contributed by atoms with Crippen LogP contribution < -0.4 is 5.32 Å². The number of hydrogen-bond acceptors (Lipinski definition) is 4. The van der Waals surface area contributed by atoms with Crippen molar-refractivity contribution in [1.82, 2.24) is 19.6 Å². The van der Waals surface area contributed by atoms with Gasteiger partial charge in [0.1, 0.15) is 5.82 Å². The third-order valence-corrected chi connectivity index (χ3v) is 4.67. The number of anilines is 1. The summed E-state index contributed by atoms with van der Waals surface area (Å²) in [6, 6.07) is 0. The molecule has 1 amide bonds. The molecule has 0 fully saturated rings. The summed E-state index contributed by atoms with van der Waals surface area (Å²) in [5.74, 6) is 1.24. The van der Waals surface area contributed by atoms with Crippen molar-refractivity contribution in [3.63, 3.8) is 0 Å². The van der Waals surface area contributed by atoms with Gasteiger partial charge in [-0.2, -0.15) is 10.2 Å². The second-order valence-electron chi connectivity index (χ2n) is 6.22. The van der Waals surface area contributed by atoms with Gasteiger partial charge in [-0.05, 0) is 20.8 Å². The number of fused-ring (bicyclic) bond motifs is 1. The molecule has 3 rings (SSSR count). The quantitative estimate of drug-likeness (QED) is 0.877. The van der Waals surface area contributed by atoms with Gasteiger partial charge in [-0.15, -0.1) is 11.8 Å². The molecule has 0 bridgehead atoms. The lowest BCUT2D eigenvalue weighted by Crippen LogP contribution is -2.27. The fourth-order valence-corrected chi connectivity index (χ4v) is 3.51. The molecule has 0 aliphatic carbocycles. The van der Waals surface area contributed by atoms with E-state index in [2.05, 4.69) is 36.3 Å². The van der Waals surface area contributed by atoms with Crippen LogP contribution >= 0.6 is 11.8 Å². The largest absolute Gasteiger partial charge is 0.310 e. The Balaban J connectivity index is 2.11. The summed E-state index contributed by atoms with van der Waals surface area (Å²) in [6.07, 6.45) is 5.70. The molecule has 112 valence electrons. The number of nitrogens with one attached hydrogen (secondary N) is 1. The summed E-state index contributed by atoms with van der Waals surface area (Å²) in [5, 5.41) is 11.8. The van der Waals surface area contributed by atoms with Gasteiger partial charge < -0.3 is 5.32 Å². The Morgan fingerprint density at radius 1 is 1.33 bits per heavy atom. The standard InChI is InChI=1S/C14H19N5OS/c1-14(2,3)19-13-10(6-16-19)12(21-8-11(20)17-13)9-5-15-18(4)7-9/h5-7,12H,8H2,1-4H3,(H,17,20)/t12-/m0/s1. The highest BCUT2D eigenvalue weighted by atomic mass is 32.2. The maximum absolute atomic E-state index is 12.0. The first-order valence-electron chi connectivity index (χ1n) is 6.84. The summed E-state index contributed by atoms with van der Waals surface area (Å²) in [7, 11) is 1.90. The number of rotatable bonds is 1. The molecule has 1 atom stereocenters. The minimum Gasteiger partial charge on any atom is -0.310 e. The van der Waals surface area contributed by atoms with E-state index in [0.717, 1.165) is 16.9 Å². The molecule has 0 unspecified atom stereocenters. The number of nitrogens with zero attached hydrogens (tertiary/aromatic N) is 4. The number of carbonyl (C=O) groups excluding carboxylic acids is 1. The van der Waals surface area contributed by atoms with E-state index in [-0.39, 0.29) is 16.7 Å². The Morgan fingerprint density at radius 3 is 2.71 bits per heavy atom. The first-order valence-corrected chi connectivity index (χ1v) is 7.89. The van der Waals surface area contributed by atoms with Crippen molar-refractivity contribution in [2.75, 3.05) is 11.1 Å². The van der Waals surface area contributed by atoms with Crippen molar-refractivity contribution >= 4 is 23.5 Å². The van der Waals surface area contributed by atoms with Crippen molar-refractivity contribution in [2.45, 2.75) is 31.6 Å². The lowest BCUT2D eigenvalue weighted by atomic mass is 10.1. The number of thioether (sulfide) groups is 1. The van der Waals surface area contributed by atoms with Crippen LogP contribution in [0.25, 0.3) is 0 Å². The normalized spacial score (nSPS) is 19.0. The molecule has 2 aromatic heterocycles. The average molecular weight is 305 g/mol. The molecule has 0 spiro atoms. The zero-order chi connectivity index (χ0) is 15.2. The number of aryl methyl sites for hydroxylation is 1. The van der Waals surface area contributed by atoms with Gasteiger partial charge in [-0.1, -0.05) is 0 Å². The van der Waals surface area contributed by atoms with Crippen LogP contribution in [-0.4, -0.2) is 31.2 Å². The smallest absolute Gasteiger partial charge is 0.235 e. The number of aromatic nitrogens is 4. The third-order valence-electron chi connectivity index (χ3n) is 3.38. The van der Waals surface area contributed by atoms with E-state index in [1.54, 1.807) is 16.4 Å². The van der Waals surface area contributed by atoms with Crippen LogP contribution in [0, 0.1) is 0 Å². The predicted octanol–water partition coefficient (Wildman–Crippen LogP) is 2.15. The van der Waals surface area contributed by atoms with Gasteiger partial charge in [-0.3, -0.25) is 9.48 Å². The topological polar surface area (TPSA) is 64.7 Å². The molecule has 0 saturated carbocycles. The van der Waals surface area contributed by atoms with Crippen molar-refractivity contribution in [3.8, 4) is 0 Å². The first-order chi connectivity index (χ1) is 9.86. The van der Waals surface area contributed by atoms with Crippen molar-refractivity contribution in [3.05, 3.63) is 29.7 Å². The van der Waals surface area contributed by atoms with Crippen LogP contribution in [0.3, 0.4) is 0 Å². The lowest BCUT2D eigenvalue weighted by Gasteiger charge is -2.22. The summed E-state index contributed by atoms with van der Waals surface area (Å²) >= 11 is 1.61. The molecule has 1 N–H and O–H groups in total. The van der Waals surface area contributed by atoms with Crippen LogP contribution in [0.5, 0.6) is 0 Å². The van der Waals surface area contributed by atoms with Gasteiger partial charge in [0.2, 0.25) is 5.91 Å². The molecular weight excluding hydrogens is 286 g/mol. The summed E-state index contributed by atoms with van der Waals surface area (Å²) < 4.78 is 3.67. The Kier molecular flexibility index (Phi) is 3.32. The van der Waals surface area contributed by atoms with E-state index >= 15 is 0 Å². The molecule has 7 heteroatoms. The molecule has 0 radical (unpaired) electrons. The van der Waals surface area contributed by atoms with Crippen molar-refractivity contribution < 1.29 is 4.79 Å². The molecule has 3 heterocycles. The highest BCUT2D eigenvalue weighted by molar-refractivity contribution is 8.00. The number of amides is 1. The summed E-state index contributed by atoms with van der Waals surface area (Å²) in [6.45, 7) is 6.22. The van der Waals surface area contributed by atoms with Crippen molar-refractivity contribution in [1.29, 1.82) is 0 Å². The molecule has 0 aromatic carbocycles. The van der Waals surface area contributed by atoms with E-state index in [9.17, 15) is 4.79 Å². The fourth-order valence-electron chi connectivity index (χ4n) is 2.45. The van der Waals surface area contributed by atoms with Crippen LogP contribution in [0.15, 0.2) is 18.6 Å². The highest BCUT2D eigenvalue weighted by Crippen LogP contribution is 2.42. The molecule has 1 aliphatic rings. The average Bonchev–Trinajstić information content (AvgIpc) is 2.94. The second-order valence-corrected chi connectivity index (χ2v) is 7.31. The maximum atomic E-state index is 12.0. The molecule has 21 heavy (non-hydrogen) atoms. The fraction of sp³-hybridized carbons (Fsp3) is 0.500. The van der Waals surface area contributed by atoms with E-state index in [1.807, 2.05) is 30.3 Å². The maximum Gasteiger partial charge on any atom is 0.235 e. The Morgan fingerprint density at radius 2 is 2.10 bits per heavy atom. The summed E-state index contributed by atoms with van der Waals surface area (Å²) in [5.41, 5.74) is 1.94. The first kappa shape index (κ1) is 14.2. The monoisotopic (exact) mass is 305 g/mol. The van der Waals surface area contributed by atoms with Gasteiger partial charge >= 0.3 is 0 Å². The molecule has 1 aliphatic heterocycles. The Labute approximate surface area is 127 Å². The van der Waals surface area contributed by atoms with Crippen LogP contribution in [0.4, 0.5) is 5.82 Å². The van der Waals surface area contributed by atoms with Crippen molar-refractivity contribution in [2.24, 2.45) is 7.05 Å². The minimum atomic E-state index is -0.185. The summed E-state index contributed by atoms with van der Waals surface area (Å²) in [4.78, 5) is 12.0. The molecular formula is C14H19N5OS. The molecule has 2 aromatic rings. The minimum absolute atomic E-state index is 0.0126. The van der Waals surface area contributed by atoms with Gasteiger partial charge in [0.15, 0.2) is 0 Å². The van der Waals surface area contributed by atoms with Gasteiger partial charge in [-0.25, -0.2) is 4.68 Å². The van der Waals surface area contributed by atoms with Gasteiger partial charge in [0.25, 0.3) is 0 Å². The van der Waals surface area contributed by atoms with Gasteiger partial charge in [0.05, 0.1) is 28.9 Å².